The number of nitrogens with zero attached hydrogens (tertiary/aromatic N) is 2. The number of carbonyl (C=O) groups is 1. The van der Waals surface area contributed by atoms with E-state index in [1.807, 2.05) is 6.07 Å². The van der Waals surface area contributed by atoms with Crippen LogP contribution in [0.15, 0.2) is 35.8 Å². The van der Waals surface area contributed by atoms with Crippen LogP contribution in [0.2, 0.25) is 0 Å². The second-order valence-corrected chi connectivity index (χ2v) is 5.40. The Kier molecular flexibility index (Phi) is 5.69. The first kappa shape index (κ1) is 13.9. The highest BCUT2D eigenvalue weighted by atomic mass is 32.1. The topological polar surface area (TPSA) is 42.9 Å². The molecule has 3 nitrogen and oxygen atoms in total. The summed E-state index contributed by atoms with van der Waals surface area (Å²) in [4.78, 5) is 11.7. The fourth-order valence-electron chi connectivity index (χ4n) is 2.01. The number of Topliss-reactive ketones (excluding diaryl/α,β-unsaturated/α-hetero) is 1. The monoisotopic (exact) mass is 274 g/mol. The Bertz CT molecular complexity index is 482. The van der Waals surface area contributed by atoms with E-state index in [2.05, 4.69) is 34.5 Å². The van der Waals surface area contributed by atoms with Crippen molar-refractivity contribution >= 4 is 17.1 Å². The molecule has 2 aromatic rings. The number of unbranched alkanes of at least 4 members (excludes halogenated alkanes) is 3. The normalized spacial score (nSPS) is 10.5. The summed E-state index contributed by atoms with van der Waals surface area (Å²) >= 11 is 1.32. The van der Waals surface area contributed by atoms with Gasteiger partial charge in [-0.15, -0.1) is 10.2 Å². The lowest BCUT2D eigenvalue weighted by atomic mass is 10.0. The van der Waals surface area contributed by atoms with Gasteiger partial charge in [0.2, 0.25) is 0 Å². The Morgan fingerprint density at radius 2 is 1.84 bits per heavy atom. The van der Waals surface area contributed by atoms with Gasteiger partial charge in [-0.05, 0) is 24.8 Å². The third-order valence-electron chi connectivity index (χ3n) is 3.06. The second kappa shape index (κ2) is 7.79. The van der Waals surface area contributed by atoms with Crippen LogP contribution in [0.1, 0.15) is 47.5 Å². The van der Waals surface area contributed by atoms with Crippen LogP contribution in [0.4, 0.5) is 0 Å². The summed E-state index contributed by atoms with van der Waals surface area (Å²) in [6, 6.07) is 10.5. The average molecular weight is 274 g/mol. The van der Waals surface area contributed by atoms with Crippen molar-refractivity contribution in [3.05, 3.63) is 46.4 Å². The summed E-state index contributed by atoms with van der Waals surface area (Å²) in [6.07, 6.45) is 6.16. The zero-order valence-corrected chi connectivity index (χ0v) is 11.7. The van der Waals surface area contributed by atoms with E-state index in [0.29, 0.717) is 11.4 Å². The van der Waals surface area contributed by atoms with E-state index in [0.717, 1.165) is 19.3 Å². The minimum atomic E-state index is 0.130. The van der Waals surface area contributed by atoms with Crippen LogP contribution in [0, 0.1) is 0 Å². The van der Waals surface area contributed by atoms with Gasteiger partial charge in [0, 0.05) is 6.42 Å². The van der Waals surface area contributed by atoms with Crippen molar-refractivity contribution in [2.45, 2.75) is 38.5 Å². The van der Waals surface area contributed by atoms with Gasteiger partial charge in [-0.2, -0.15) is 0 Å². The molecule has 0 radical (unpaired) electrons. The average Bonchev–Trinajstić information content (AvgIpc) is 2.98. The minimum absolute atomic E-state index is 0.130. The van der Waals surface area contributed by atoms with Gasteiger partial charge in [0.15, 0.2) is 10.8 Å². The van der Waals surface area contributed by atoms with Crippen LogP contribution in [-0.4, -0.2) is 16.0 Å². The molecule has 1 aromatic heterocycles. The molecule has 19 heavy (non-hydrogen) atoms. The lowest BCUT2D eigenvalue weighted by Gasteiger charge is -2.01. The van der Waals surface area contributed by atoms with E-state index in [1.54, 1.807) is 5.51 Å². The van der Waals surface area contributed by atoms with E-state index < -0.39 is 0 Å². The Morgan fingerprint density at radius 3 is 2.58 bits per heavy atom. The van der Waals surface area contributed by atoms with E-state index in [4.69, 9.17) is 0 Å². The maximum Gasteiger partial charge on any atom is 0.193 e. The molecule has 2 rings (SSSR count). The van der Waals surface area contributed by atoms with Gasteiger partial charge >= 0.3 is 0 Å². The first-order valence-electron chi connectivity index (χ1n) is 6.69. The zero-order chi connectivity index (χ0) is 13.3. The molecule has 0 aliphatic heterocycles. The molecule has 0 bridgehead atoms. The molecular weight excluding hydrogens is 256 g/mol. The Hall–Kier alpha value is -1.55. The lowest BCUT2D eigenvalue weighted by Crippen LogP contribution is -1.98. The largest absolute Gasteiger partial charge is 0.291 e. The molecule has 4 heteroatoms. The molecule has 0 saturated heterocycles. The highest BCUT2D eigenvalue weighted by molar-refractivity contribution is 7.11. The van der Waals surface area contributed by atoms with Crippen molar-refractivity contribution in [1.29, 1.82) is 0 Å². The van der Waals surface area contributed by atoms with Crippen LogP contribution in [-0.2, 0) is 6.42 Å². The molecule has 0 spiro atoms. The van der Waals surface area contributed by atoms with Gasteiger partial charge in [-0.3, -0.25) is 4.79 Å². The van der Waals surface area contributed by atoms with Crippen molar-refractivity contribution in [1.82, 2.24) is 10.2 Å². The van der Waals surface area contributed by atoms with E-state index in [1.165, 1.54) is 29.7 Å². The van der Waals surface area contributed by atoms with Crippen molar-refractivity contribution in [3.8, 4) is 0 Å². The lowest BCUT2D eigenvalue weighted by molar-refractivity contribution is 0.0978. The van der Waals surface area contributed by atoms with Gasteiger partial charge in [-0.1, -0.05) is 54.5 Å². The number of benzene rings is 1. The summed E-state index contributed by atoms with van der Waals surface area (Å²) < 4.78 is 0. The Balaban J connectivity index is 1.54. The Labute approximate surface area is 117 Å². The quantitative estimate of drug-likeness (QED) is 0.541. The minimum Gasteiger partial charge on any atom is -0.291 e. The van der Waals surface area contributed by atoms with Gasteiger partial charge in [0.25, 0.3) is 0 Å². The molecule has 1 heterocycles. The summed E-state index contributed by atoms with van der Waals surface area (Å²) in [6.45, 7) is 0. The summed E-state index contributed by atoms with van der Waals surface area (Å²) in [5.74, 6) is 0.130. The van der Waals surface area contributed by atoms with Crippen molar-refractivity contribution in [2.24, 2.45) is 0 Å². The van der Waals surface area contributed by atoms with E-state index >= 15 is 0 Å². The standard InChI is InChI=1S/C15H18N2OS/c18-14(15-17-16-12-19-15)11-7-2-1-4-8-13-9-5-3-6-10-13/h3,5-6,9-10,12H,1-2,4,7-8,11H2. The van der Waals surface area contributed by atoms with Crippen LogP contribution in [0.5, 0.6) is 0 Å². The highest BCUT2D eigenvalue weighted by Crippen LogP contribution is 2.12. The molecular formula is C15H18N2OS. The number of aryl methyl sites for hydroxylation is 1. The van der Waals surface area contributed by atoms with E-state index in [9.17, 15) is 4.79 Å². The maximum absolute atomic E-state index is 11.7. The fourth-order valence-corrected chi connectivity index (χ4v) is 2.54. The first-order chi connectivity index (χ1) is 9.36. The predicted octanol–water partition coefficient (Wildman–Crippen LogP) is 3.91. The third-order valence-corrected chi connectivity index (χ3v) is 3.79. The number of rotatable bonds is 8. The van der Waals surface area contributed by atoms with Crippen molar-refractivity contribution in [3.63, 3.8) is 0 Å². The van der Waals surface area contributed by atoms with Gasteiger partial charge in [0.1, 0.15) is 5.51 Å². The van der Waals surface area contributed by atoms with Crippen molar-refractivity contribution < 1.29 is 4.79 Å². The number of hydrogen-bond acceptors (Lipinski definition) is 4. The molecule has 0 aliphatic carbocycles. The summed E-state index contributed by atoms with van der Waals surface area (Å²) in [5.41, 5.74) is 3.00. The van der Waals surface area contributed by atoms with Gasteiger partial charge in [-0.25, -0.2) is 0 Å². The summed E-state index contributed by atoms with van der Waals surface area (Å²) in [7, 11) is 0. The molecule has 0 aliphatic rings. The molecule has 0 fully saturated rings. The van der Waals surface area contributed by atoms with Gasteiger partial charge < -0.3 is 0 Å². The predicted molar refractivity (Wildman–Crippen MR) is 77.5 cm³/mol. The number of aromatic nitrogens is 2. The third kappa shape index (κ3) is 4.91. The first-order valence-corrected chi connectivity index (χ1v) is 7.57. The molecule has 0 N–H and O–H groups in total. The second-order valence-electron chi connectivity index (χ2n) is 4.57. The molecule has 100 valence electrons. The zero-order valence-electron chi connectivity index (χ0n) is 10.9. The van der Waals surface area contributed by atoms with E-state index in [-0.39, 0.29) is 5.78 Å². The van der Waals surface area contributed by atoms with Crippen LogP contribution < -0.4 is 0 Å². The fraction of sp³-hybridized carbons (Fsp3) is 0.400. The number of carbonyl (C=O) groups excluding carboxylic acids is 1. The molecule has 0 atom stereocenters. The Morgan fingerprint density at radius 1 is 1.05 bits per heavy atom. The van der Waals surface area contributed by atoms with Crippen molar-refractivity contribution in [2.75, 3.05) is 0 Å². The smallest absolute Gasteiger partial charge is 0.193 e. The molecule has 0 saturated carbocycles. The van der Waals surface area contributed by atoms with Gasteiger partial charge in [0.05, 0.1) is 0 Å². The molecule has 1 aromatic carbocycles. The summed E-state index contributed by atoms with van der Waals surface area (Å²) in [5, 5.41) is 8.02. The SMILES string of the molecule is O=C(CCCCCCc1ccccc1)c1nncs1. The maximum atomic E-state index is 11.7. The molecule has 0 unspecified atom stereocenters. The van der Waals surface area contributed by atoms with Crippen LogP contribution >= 0.6 is 11.3 Å². The highest BCUT2D eigenvalue weighted by Gasteiger charge is 2.08. The van der Waals surface area contributed by atoms with Crippen LogP contribution in [0.25, 0.3) is 0 Å². The van der Waals surface area contributed by atoms with Crippen LogP contribution in [0.3, 0.4) is 0 Å². The molecule has 0 amide bonds. The number of ketones is 1. The number of hydrogen-bond donors (Lipinski definition) is 0.